The first-order valence-electron chi connectivity index (χ1n) is 9.25. The summed E-state index contributed by atoms with van der Waals surface area (Å²) in [5, 5.41) is 0.308. The Bertz CT molecular complexity index is 606. The summed E-state index contributed by atoms with van der Waals surface area (Å²) in [6, 6.07) is 0. The fourth-order valence-electron chi connectivity index (χ4n) is 2.76. The molecule has 1 saturated heterocycles. The molecule has 1 fully saturated rings. The van der Waals surface area contributed by atoms with Crippen LogP contribution in [0.2, 0.25) is 18.1 Å². The van der Waals surface area contributed by atoms with Gasteiger partial charge in [-0.3, -0.25) is 4.98 Å². The molecule has 1 amide bonds. The van der Waals surface area contributed by atoms with Crippen LogP contribution in [-0.4, -0.2) is 42.7 Å². The third kappa shape index (κ3) is 4.85. The molecule has 4 nitrogen and oxygen atoms in total. The molecule has 0 atom stereocenters. The van der Waals surface area contributed by atoms with E-state index in [1.54, 1.807) is 0 Å². The average molecular weight is 383 g/mol. The summed E-state index contributed by atoms with van der Waals surface area (Å²) in [4.78, 5) is 20.2. The zero-order chi connectivity index (χ0) is 19.0. The van der Waals surface area contributed by atoms with E-state index in [4.69, 9.17) is 9.72 Å². The number of amides is 1. The number of ether oxygens (including phenoxy) is 1. The molecule has 25 heavy (non-hydrogen) atoms. The van der Waals surface area contributed by atoms with Gasteiger partial charge in [0.25, 0.3) is 0 Å². The number of likely N-dealkylation sites (tertiary alicyclic amines) is 1. The number of aromatic nitrogens is 1. The highest BCUT2D eigenvalue weighted by Crippen LogP contribution is 2.38. The van der Waals surface area contributed by atoms with Crippen molar-refractivity contribution in [1.29, 1.82) is 0 Å². The largest absolute Gasteiger partial charge is 0.444 e. The molecule has 142 valence electrons. The quantitative estimate of drug-likeness (QED) is 0.678. The normalized spacial score (nSPS) is 17.7. The lowest BCUT2D eigenvalue weighted by atomic mass is 9.96. The second kappa shape index (κ2) is 7.03. The molecule has 0 spiro atoms. The van der Waals surface area contributed by atoms with Gasteiger partial charge in [0.1, 0.15) is 13.7 Å². The Morgan fingerprint density at radius 2 is 1.76 bits per heavy atom. The lowest BCUT2D eigenvalue weighted by molar-refractivity contribution is 0.0205. The van der Waals surface area contributed by atoms with Crippen LogP contribution >= 0.6 is 11.3 Å². The highest BCUT2D eigenvalue weighted by Gasteiger charge is 2.40. The van der Waals surface area contributed by atoms with E-state index in [0.717, 1.165) is 25.9 Å². The lowest BCUT2D eigenvalue weighted by Gasteiger charge is -2.35. The first kappa shape index (κ1) is 20.4. The molecule has 1 aliphatic heterocycles. The van der Waals surface area contributed by atoms with Crippen molar-refractivity contribution in [2.75, 3.05) is 13.1 Å². The van der Waals surface area contributed by atoms with E-state index in [-0.39, 0.29) is 6.09 Å². The van der Waals surface area contributed by atoms with Crippen LogP contribution < -0.4 is 4.63 Å². The minimum atomic E-state index is -1.56. The number of piperidine rings is 1. The van der Waals surface area contributed by atoms with Crippen LogP contribution in [0.3, 0.4) is 0 Å². The Balaban J connectivity index is 1.99. The Kier molecular flexibility index (Phi) is 5.74. The average Bonchev–Trinajstić information content (AvgIpc) is 2.94. The van der Waals surface area contributed by atoms with Crippen LogP contribution in [0.25, 0.3) is 0 Å². The first-order chi connectivity index (χ1) is 11.3. The molecule has 0 N–H and O–H groups in total. The van der Waals surface area contributed by atoms with Crippen LogP contribution in [-0.2, 0) is 4.74 Å². The summed E-state index contributed by atoms with van der Waals surface area (Å²) in [7, 11) is -1.56. The van der Waals surface area contributed by atoms with E-state index in [1.807, 2.05) is 37.0 Å². The molecule has 0 aromatic carbocycles. The van der Waals surface area contributed by atoms with Crippen molar-refractivity contribution in [3.8, 4) is 0 Å². The number of hydrogen-bond donors (Lipinski definition) is 0. The van der Waals surface area contributed by atoms with E-state index in [1.165, 1.54) is 9.51 Å². The Morgan fingerprint density at radius 3 is 2.24 bits per heavy atom. The summed E-state index contributed by atoms with van der Waals surface area (Å²) in [6.45, 7) is 19.1. The van der Waals surface area contributed by atoms with Crippen LogP contribution in [0.15, 0.2) is 6.20 Å². The summed E-state index contributed by atoms with van der Waals surface area (Å²) >= 11 is 1.91. The minimum Gasteiger partial charge on any atom is -0.444 e. The molecule has 6 heteroatoms. The second-order valence-corrected chi connectivity index (χ2v) is 16.3. The molecule has 0 unspecified atom stereocenters. The Hall–Kier alpha value is -0.883. The number of carbonyl (C=O) groups excluding carboxylic acids is 1. The molecule has 0 bridgehead atoms. The van der Waals surface area contributed by atoms with E-state index in [9.17, 15) is 4.79 Å². The maximum absolute atomic E-state index is 12.2. The topological polar surface area (TPSA) is 42.4 Å². The number of thiazole rings is 1. The van der Waals surface area contributed by atoms with Crippen LogP contribution in [0.5, 0.6) is 0 Å². The molecule has 0 saturated carbocycles. The van der Waals surface area contributed by atoms with Crippen molar-refractivity contribution in [3.05, 3.63) is 11.1 Å². The van der Waals surface area contributed by atoms with Gasteiger partial charge >= 0.3 is 6.09 Å². The van der Waals surface area contributed by atoms with Crippen molar-refractivity contribution in [3.63, 3.8) is 0 Å². The van der Waals surface area contributed by atoms with Crippen molar-refractivity contribution >= 4 is 30.1 Å². The van der Waals surface area contributed by atoms with Gasteiger partial charge in [-0.1, -0.05) is 33.9 Å². The van der Waals surface area contributed by atoms with Crippen LogP contribution in [0.4, 0.5) is 4.79 Å². The molecule has 2 heterocycles. The molecule has 1 aromatic rings. The molecule has 0 radical (unpaired) electrons. The summed E-state index contributed by atoms with van der Waals surface area (Å²) in [5.41, 5.74) is -0.427. The minimum absolute atomic E-state index is 0.183. The van der Waals surface area contributed by atoms with Gasteiger partial charge in [-0.2, -0.15) is 0 Å². The van der Waals surface area contributed by atoms with Gasteiger partial charge in [0.05, 0.1) is 4.63 Å². The van der Waals surface area contributed by atoms with Gasteiger partial charge in [-0.15, -0.1) is 11.3 Å². The fraction of sp³-hybridized carbons (Fsp3) is 0.789. The molecule has 1 aromatic heterocycles. The van der Waals surface area contributed by atoms with Crippen molar-refractivity contribution in [2.45, 2.75) is 84.0 Å². The molecule has 2 rings (SSSR count). The molecule has 0 aliphatic carbocycles. The predicted molar refractivity (Wildman–Crippen MR) is 109 cm³/mol. The monoisotopic (exact) mass is 382 g/mol. The maximum atomic E-state index is 12.2. The van der Waals surface area contributed by atoms with Gasteiger partial charge in [0, 0.05) is 24.2 Å². The fourth-order valence-corrected chi connectivity index (χ4v) is 6.92. The van der Waals surface area contributed by atoms with Crippen molar-refractivity contribution in [1.82, 2.24) is 9.88 Å². The smallest absolute Gasteiger partial charge is 0.410 e. The SMILES string of the molecule is CC(C)(C)OC(=O)N1CCC(c2cnc([Si](C)(C)C(C)(C)C)s2)CC1. The number of rotatable bonds is 2. The third-order valence-corrected chi connectivity index (χ3v) is 13.2. The molecular weight excluding hydrogens is 348 g/mol. The standard InChI is InChI=1S/C19H34N2O2SSi/c1-18(2,3)23-17(22)21-11-9-14(10-12-21)15-13-20-16(24-15)25(7,8)19(4,5)6/h13-14H,9-12H2,1-8H3. The van der Waals surface area contributed by atoms with Crippen molar-refractivity contribution < 1.29 is 9.53 Å². The first-order valence-corrected chi connectivity index (χ1v) is 13.1. The van der Waals surface area contributed by atoms with Crippen molar-refractivity contribution in [2.24, 2.45) is 0 Å². The summed E-state index contributed by atoms with van der Waals surface area (Å²) in [5.74, 6) is 0.523. The molecule has 1 aliphatic rings. The van der Waals surface area contributed by atoms with Gasteiger partial charge < -0.3 is 9.64 Å². The second-order valence-electron chi connectivity index (χ2n) is 9.68. The number of carbonyl (C=O) groups is 1. The van der Waals surface area contributed by atoms with E-state index in [2.05, 4.69) is 40.1 Å². The number of hydrogen-bond acceptors (Lipinski definition) is 4. The third-order valence-electron chi connectivity index (χ3n) is 5.48. The lowest BCUT2D eigenvalue weighted by Crippen LogP contribution is -2.49. The molecular formula is C19H34N2O2SSi. The van der Waals surface area contributed by atoms with E-state index >= 15 is 0 Å². The van der Waals surface area contributed by atoms with Crippen LogP contribution in [0.1, 0.15) is 65.2 Å². The highest BCUT2D eigenvalue weighted by molar-refractivity contribution is 7.26. The van der Waals surface area contributed by atoms with Gasteiger partial charge in [0.2, 0.25) is 0 Å². The Morgan fingerprint density at radius 1 is 1.20 bits per heavy atom. The highest BCUT2D eigenvalue weighted by atomic mass is 32.1. The zero-order valence-corrected chi connectivity index (χ0v) is 18.9. The van der Waals surface area contributed by atoms with E-state index < -0.39 is 13.7 Å². The Labute approximate surface area is 158 Å². The van der Waals surface area contributed by atoms with Gasteiger partial charge in [-0.05, 0) is 44.6 Å². The zero-order valence-electron chi connectivity index (χ0n) is 17.1. The van der Waals surface area contributed by atoms with Crippen LogP contribution in [0, 0.1) is 0 Å². The van der Waals surface area contributed by atoms with Gasteiger partial charge in [0.15, 0.2) is 0 Å². The summed E-state index contributed by atoms with van der Waals surface area (Å²) < 4.78 is 6.84. The van der Waals surface area contributed by atoms with E-state index in [0.29, 0.717) is 11.0 Å². The predicted octanol–water partition coefficient (Wildman–Crippen LogP) is 4.97. The van der Waals surface area contributed by atoms with Gasteiger partial charge in [-0.25, -0.2) is 4.79 Å². The number of nitrogens with zero attached hydrogens (tertiary/aromatic N) is 2. The maximum Gasteiger partial charge on any atom is 0.410 e. The summed E-state index contributed by atoms with van der Waals surface area (Å²) in [6.07, 6.45) is 3.91.